The number of aromatic nitrogens is 1. The maximum absolute atomic E-state index is 12.0. The van der Waals surface area contributed by atoms with E-state index >= 15 is 0 Å². The van der Waals surface area contributed by atoms with E-state index in [1.807, 2.05) is 12.3 Å². The fourth-order valence-electron chi connectivity index (χ4n) is 1.63. The average Bonchev–Trinajstić information content (AvgIpc) is 2.69. The molecule has 0 aliphatic carbocycles. The number of benzene rings is 1. The molecule has 4 nitrogen and oxygen atoms in total. The average molecular weight is 263 g/mol. The Kier molecular flexibility index (Phi) is 3.34. The number of hydrogen-bond donors (Lipinski definition) is 2. The first-order chi connectivity index (χ1) is 8.47. The van der Waals surface area contributed by atoms with E-state index in [9.17, 15) is 15.0 Å². The van der Waals surface area contributed by atoms with E-state index in [1.54, 1.807) is 6.92 Å². The normalized spacial score (nSPS) is 10.6. The topological polar surface area (TPSA) is 70.4 Å². The van der Waals surface area contributed by atoms with Crippen molar-refractivity contribution in [2.75, 3.05) is 0 Å². The monoisotopic (exact) mass is 263 g/mol. The Morgan fingerprint density at radius 2 is 2.00 bits per heavy atom. The quantitative estimate of drug-likeness (QED) is 0.835. The van der Waals surface area contributed by atoms with Crippen LogP contribution in [-0.2, 0) is 6.42 Å². The van der Waals surface area contributed by atoms with Gasteiger partial charge in [0.15, 0.2) is 5.78 Å². The summed E-state index contributed by atoms with van der Waals surface area (Å²) < 4.78 is 0. The Balaban J connectivity index is 2.26. The van der Waals surface area contributed by atoms with Crippen LogP contribution in [0.4, 0.5) is 0 Å². The molecule has 0 amide bonds. The summed E-state index contributed by atoms with van der Waals surface area (Å²) in [7, 11) is 0. The minimum Gasteiger partial charge on any atom is -0.508 e. The van der Waals surface area contributed by atoms with Crippen LogP contribution in [0.2, 0.25) is 0 Å². The third-order valence-electron chi connectivity index (χ3n) is 2.59. The first-order valence-corrected chi connectivity index (χ1v) is 6.32. The Morgan fingerprint density at radius 3 is 2.61 bits per heavy atom. The molecule has 0 spiro atoms. The lowest BCUT2D eigenvalue weighted by molar-refractivity contribution is 0.0990. The van der Waals surface area contributed by atoms with Crippen molar-refractivity contribution in [2.45, 2.75) is 20.3 Å². The molecule has 5 heteroatoms. The number of hydrogen-bond acceptors (Lipinski definition) is 5. The maximum atomic E-state index is 12.0. The summed E-state index contributed by atoms with van der Waals surface area (Å²) in [6.45, 7) is 3.55. The van der Waals surface area contributed by atoms with E-state index in [0.29, 0.717) is 5.56 Å². The molecular formula is C13H13NO3S. The highest BCUT2D eigenvalue weighted by molar-refractivity contribution is 7.09. The summed E-state index contributed by atoms with van der Waals surface area (Å²) in [6.07, 6.45) is 0.163. The van der Waals surface area contributed by atoms with Crippen molar-refractivity contribution < 1.29 is 15.0 Å². The van der Waals surface area contributed by atoms with Gasteiger partial charge in [0.25, 0.3) is 0 Å². The second kappa shape index (κ2) is 4.78. The summed E-state index contributed by atoms with van der Waals surface area (Å²) in [5.74, 6) is -0.421. The number of nitrogens with zero attached hydrogens (tertiary/aromatic N) is 1. The van der Waals surface area contributed by atoms with Crippen molar-refractivity contribution in [3.8, 4) is 11.5 Å². The molecule has 0 saturated heterocycles. The molecule has 0 saturated carbocycles. The molecule has 2 rings (SSSR count). The van der Waals surface area contributed by atoms with Crippen molar-refractivity contribution in [1.82, 2.24) is 4.98 Å². The molecule has 1 aromatic carbocycles. The molecule has 0 bridgehead atoms. The van der Waals surface area contributed by atoms with Crippen LogP contribution < -0.4 is 0 Å². The molecule has 0 atom stereocenters. The number of aromatic hydroxyl groups is 2. The van der Waals surface area contributed by atoms with Gasteiger partial charge in [0, 0.05) is 17.1 Å². The lowest BCUT2D eigenvalue weighted by Gasteiger charge is -2.06. The highest BCUT2D eigenvalue weighted by Crippen LogP contribution is 2.28. The second-order valence-corrected chi connectivity index (χ2v) is 5.08. The number of ketones is 1. The smallest absolute Gasteiger partial charge is 0.173 e. The van der Waals surface area contributed by atoms with Crippen molar-refractivity contribution in [3.63, 3.8) is 0 Å². The lowest BCUT2D eigenvalue weighted by atomic mass is 10.0. The zero-order valence-corrected chi connectivity index (χ0v) is 10.9. The van der Waals surface area contributed by atoms with Gasteiger partial charge >= 0.3 is 0 Å². The molecule has 1 aromatic heterocycles. The second-order valence-electron chi connectivity index (χ2n) is 4.14. The Labute approximate surface area is 109 Å². The largest absolute Gasteiger partial charge is 0.508 e. The van der Waals surface area contributed by atoms with Gasteiger partial charge in [0.05, 0.1) is 12.0 Å². The Morgan fingerprint density at radius 1 is 1.28 bits per heavy atom. The molecule has 2 N–H and O–H groups in total. The zero-order valence-electron chi connectivity index (χ0n) is 10.1. The highest BCUT2D eigenvalue weighted by Gasteiger charge is 2.15. The molecule has 0 aliphatic heterocycles. The fourth-order valence-corrected chi connectivity index (χ4v) is 2.40. The van der Waals surface area contributed by atoms with Crippen molar-refractivity contribution in [3.05, 3.63) is 39.3 Å². The van der Waals surface area contributed by atoms with Crippen LogP contribution in [0, 0.1) is 13.8 Å². The number of carbonyl (C=O) groups is 1. The van der Waals surface area contributed by atoms with Crippen LogP contribution in [0.5, 0.6) is 11.5 Å². The number of Topliss-reactive ketones (excluding diaryl/α,β-unsaturated/α-hetero) is 1. The molecule has 0 aliphatic rings. The standard InChI is InChI=1S/C13H13NO3S/c1-7-3-9(11(16)4-10(7)15)12(17)5-13-14-8(2)6-18-13/h3-4,6,15-16H,5H2,1-2H3. The first kappa shape index (κ1) is 12.6. The molecule has 94 valence electrons. The summed E-state index contributed by atoms with van der Waals surface area (Å²) >= 11 is 1.42. The van der Waals surface area contributed by atoms with Gasteiger partial charge in [0.2, 0.25) is 0 Å². The third kappa shape index (κ3) is 2.51. The van der Waals surface area contributed by atoms with Crippen LogP contribution in [0.1, 0.15) is 26.6 Å². The number of aryl methyl sites for hydroxylation is 2. The van der Waals surface area contributed by atoms with Gasteiger partial charge in [-0.25, -0.2) is 4.98 Å². The predicted octanol–water partition coefficient (Wildman–Crippen LogP) is 2.60. The van der Waals surface area contributed by atoms with Crippen LogP contribution in [0.15, 0.2) is 17.5 Å². The van der Waals surface area contributed by atoms with E-state index in [4.69, 9.17) is 0 Å². The summed E-state index contributed by atoms with van der Waals surface area (Å²) in [6, 6.07) is 2.68. The molecule has 1 heterocycles. The number of carbonyl (C=O) groups excluding carboxylic acids is 1. The maximum Gasteiger partial charge on any atom is 0.173 e. The van der Waals surface area contributed by atoms with E-state index < -0.39 is 0 Å². The first-order valence-electron chi connectivity index (χ1n) is 5.44. The van der Waals surface area contributed by atoms with Crippen molar-refractivity contribution >= 4 is 17.1 Å². The van der Waals surface area contributed by atoms with E-state index in [1.165, 1.54) is 23.5 Å². The van der Waals surface area contributed by atoms with E-state index in [-0.39, 0.29) is 29.3 Å². The molecule has 18 heavy (non-hydrogen) atoms. The van der Waals surface area contributed by atoms with Gasteiger partial charge < -0.3 is 10.2 Å². The summed E-state index contributed by atoms with van der Waals surface area (Å²) in [5, 5.41) is 21.7. The van der Waals surface area contributed by atoms with Crippen molar-refractivity contribution in [2.24, 2.45) is 0 Å². The minimum atomic E-state index is -0.204. The van der Waals surface area contributed by atoms with Gasteiger partial charge in [-0.2, -0.15) is 0 Å². The van der Waals surface area contributed by atoms with Gasteiger partial charge in [0.1, 0.15) is 16.5 Å². The number of rotatable bonds is 3. The number of thiazole rings is 1. The molecule has 0 unspecified atom stereocenters. The third-order valence-corrected chi connectivity index (χ3v) is 3.56. The Bertz CT molecular complexity index is 604. The highest BCUT2D eigenvalue weighted by atomic mass is 32.1. The van der Waals surface area contributed by atoms with Crippen molar-refractivity contribution in [1.29, 1.82) is 0 Å². The fraction of sp³-hybridized carbons (Fsp3) is 0.231. The van der Waals surface area contributed by atoms with E-state index in [0.717, 1.165) is 10.7 Å². The summed E-state index contributed by atoms with van der Waals surface area (Å²) in [4.78, 5) is 16.2. The van der Waals surface area contributed by atoms with E-state index in [2.05, 4.69) is 4.98 Å². The Hall–Kier alpha value is -1.88. The molecule has 0 radical (unpaired) electrons. The van der Waals surface area contributed by atoms with Gasteiger partial charge in [-0.15, -0.1) is 11.3 Å². The zero-order chi connectivity index (χ0) is 13.3. The lowest BCUT2D eigenvalue weighted by Crippen LogP contribution is -2.04. The molecular weight excluding hydrogens is 250 g/mol. The van der Waals surface area contributed by atoms with Crippen LogP contribution in [-0.4, -0.2) is 21.0 Å². The van der Waals surface area contributed by atoms with Gasteiger partial charge in [-0.1, -0.05) is 0 Å². The summed E-state index contributed by atoms with van der Waals surface area (Å²) in [5.41, 5.74) is 1.67. The van der Waals surface area contributed by atoms with Crippen LogP contribution >= 0.6 is 11.3 Å². The SMILES string of the molecule is Cc1csc(CC(=O)c2cc(C)c(O)cc2O)n1. The molecule has 0 fully saturated rings. The van der Waals surface area contributed by atoms with Gasteiger partial charge in [-0.3, -0.25) is 4.79 Å². The minimum absolute atomic E-state index is 0.0193. The predicted molar refractivity (Wildman–Crippen MR) is 69.4 cm³/mol. The molecule has 2 aromatic rings. The number of phenolic OH excluding ortho intramolecular Hbond substituents is 2. The van der Waals surface area contributed by atoms with Crippen LogP contribution in [0.25, 0.3) is 0 Å². The number of phenols is 2. The van der Waals surface area contributed by atoms with Gasteiger partial charge in [-0.05, 0) is 25.5 Å². The van der Waals surface area contributed by atoms with Crippen LogP contribution in [0.3, 0.4) is 0 Å².